The molecule has 2 aromatic rings. The van der Waals surface area contributed by atoms with Crippen LogP contribution in [0.5, 0.6) is 0 Å². The third kappa shape index (κ3) is 3.20. The standard InChI is InChI=1S/C22H25NO4/c1-12-19(17-8-3-4-9-18(17)23-12)20(24)13(2)27-22(26)16-10-14-6-5-7-15(11-16)21(14)25/h3-4,8-9,13-16,23H,5-7,10-11H2,1-2H3/t13-,14-,15+,16?/m0/s1. The molecule has 0 spiro atoms. The number of ketones is 2. The minimum atomic E-state index is -0.840. The van der Waals surface area contributed by atoms with Gasteiger partial charge >= 0.3 is 5.97 Å². The van der Waals surface area contributed by atoms with Crippen LogP contribution in [0.2, 0.25) is 0 Å². The van der Waals surface area contributed by atoms with Gasteiger partial charge in [0.1, 0.15) is 5.78 Å². The molecule has 0 saturated heterocycles. The summed E-state index contributed by atoms with van der Waals surface area (Å²) in [6.07, 6.45) is 3.12. The van der Waals surface area contributed by atoms with Crippen LogP contribution >= 0.6 is 0 Å². The number of aromatic nitrogens is 1. The average Bonchev–Trinajstić information content (AvgIpc) is 2.96. The van der Waals surface area contributed by atoms with E-state index in [-0.39, 0.29) is 29.5 Å². The SMILES string of the molecule is Cc1[nH]c2ccccc2c1C(=O)[C@H](C)OC(=O)C1C[C@H]2CCC[C@@H](C1)C2=O. The van der Waals surface area contributed by atoms with Crippen LogP contribution in [0.1, 0.15) is 55.1 Å². The molecule has 4 atom stereocenters. The van der Waals surface area contributed by atoms with Crippen molar-refractivity contribution in [3.8, 4) is 0 Å². The number of carbonyl (C=O) groups excluding carboxylic acids is 3. The number of aryl methyl sites for hydroxylation is 1. The number of para-hydroxylation sites is 1. The fraction of sp³-hybridized carbons (Fsp3) is 0.500. The normalized spacial score (nSPS) is 26.0. The lowest BCUT2D eigenvalue weighted by Gasteiger charge is -2.36. The fourth-order valence-corrected chi connectivity index (χ4v) is 4.79. The second-order valence-corrected chi connectivity index (χ2v) is 8.01. The Kier molecular flexibility index (Phi) is 4.62. The molecule has 1 unspecified atom stereocenters. The molecule has 2 aliphatic carbocycles. The van der Waals surface area contributed by atoms with E-state index < -0.39 is 6.10 Å². The summed E-state index contributed by atoms with van der Waals surface area (Å²) in [6, 6.07) is 7.63. The van der Waals surface area contributed by atoms with Gasteiger partial charge in [-0.25, -0.2) is 0 Å². The second-order valence-electron chi connectivity index (χ2n) is 8.01. The van der Waals surface area contributed by atoms with E-state index in [0.29, 0.717) is 24.2 Å². The summed E-state index contributed by atoms with van der Waals surface area (Å²) >= 11 is 0. The molecule has 0 amide bonds. The number of H-pyrrole nitrogens is 1. The number of aromatic amines is 1. The Bertz CT molecular complexity index is 896. The maximum absolute atomic E-state index is 13.0. The lowest BCUT2D eigenvalue weighted by Crippen LogP contribution is -2.40. The number of benzene rings is 1. The highest BCUT2D eigenvalue weighted by Gasteiger charge is 2.42. The van der Waals surface area contributed by atoms with Gasteiger partial charge in [0.05, 0.1) is 5.92 Å². The Morgan fingerprint density at radius 2 is 1.81 bits per heavy atom. The van der Waals surface area contributed by atoms with E-state index in [4.69, 9.17) is 4.74 Å². The van der Waals surface area contributed by atoms with Crippen molar-refractivity contribution in [3.05, 3.63) is 35.5 Å². The van der Waals surface area contributed by atoms with E-state index >= 15 is 0 Å². The predicted molar refractivity (Wildman–Crippen MR) is 101 cm³/mol. The van der Waals surface area contributed by atoms with Crippen LogP contribution in [-0.4, -0.2) is 28.6 Å². The van der Waals surface area contributed by atoms with Crippen molar-refractivity contribution in [2.24, 2.45) is 17.8 Å². The van der Waals surface area contributed by atoms with Gasteiger partial charge in [0.2, 0.25) is 5.78 Å². The summed E-state index contributed by atoms with van der Waals surface area (Å²) in [5.74, 6) is -0.474. The first-order valence-electron chi connectivity index (χ1n) is 9.81. The quantitative estimate of drug-likeness (QED) is 0.655. The lowest BCUT2D eigenvalue weighted by atomic mass is 9.67. The van der Waals surface area contributed by atoms with Crippen LogP contribution in [0, 0.1) is 24.7 Å². The Morgan fingerprint density at radius 3 is 2.52 bits per heavy atom. The highest BCUT2D eigenvalue weighted by molar-refractivity contribution is 6.11. The van der Waals surface area contributed by atoms with Gasteiger partial charge in [0.25, 0.3) is 0 Å². The van der Waals surface area contributed by atoms with Crippen molar-refractivity contribution in [3.63, 3.8) is 0 Å². The molecule has 2 aliphatic rings. The fourth-order valence-electron chi connectivity index (χ4n) is 4.79. The number of rotatable bonds is 4. The first-order valence-corrected chi connectivity index (χ1v) is 9.81. The van der Waals surface area contributed by atoms with Crippen LogP contribution in [-0.2, 0) is 14.3 Å². The zero-order valence-electron chi connectivity index (χ0n) is 15.8. The molecular formula is C22H25NO4. The second kappa shape index (κ2) is 6.95. The molecule has 0 radical (unpaired) electrons. The van der Waals surface area contributed by atoms with Crippen LogP contribution in [0.4, 0.5) is 0 Å². The minimum Gasteiger partial charge on any atom is -0.454 e. The van der Waals surface area contributed by atoms with Gasteiger partial charge < -0.3 is 9.72 Å². The maximum Gasteiger partial charge on any atom is 0.309 e. The third-order valence-electron chi connectivity index (χ3n) is 6.18. The Morgan fingerprint density at radius 1 is 1.15 bits per heavy atom. The van der Waals surface area contributed by atoms with Crippen molar-refractivity contribution < 1.29 is 19.1 Å². The first kappa shape index (κ1) is 18.0. The molecule has 4 rings (SSSR count). The molecule has 1 N–H and O–H groups in total. The van der Waals surface area contributed by atoms with Gasteiger partial charge in [-0.1, -0.05) is 24.6 Å². The monoisotopic (exact) mass is 367 g/mol. The van der Waals surface area contributed by atoms with Crippen LogP contribution < -0.4 is 0 Å². The van der Waals surface area contributed by atoms with E-state index in [9.17, 15) is 14.4 Å². The van der Waals surface area contributed by atoms with E-state index in [2.05, 4.69) is 4.98 Å². The molecule has 1 aromatic carbocycles. The lowest BCUT2D eigenvalue weighted by molar-refractivity contribution is -0.155. The highest BCUT2D eigenvalue weighted by Crippen LogP contribution is 2.40. The number of hydrogen-bond donors (Lipinski definition) is 1. The summed E-state index contributed by atoms with van der Waals surface area (Å²) in [7, 11) is 0. The van der Waals surface area contributed by atoms with Crippen molar-refractivity contribution in [1.29, 1.82) is 0 Å². The zero-order valence-corrected chi connectivity index (χ0v) is 15.8. The van der Waals surface area contributed by atoms with Gasteiger partial charge in [-0.15, -0.1) is 0 Å². The summed E-state index contributed by atoms with van der Waals surface area (Å²) in [5, 5.41) is 0.848. The van der Waals surface area contributed by atoms with E-state index in [1.165, 1.54) is 0 Å². The minimum absolute atomic E-state index is 0.00285. The van der Waals surface area contributed by atoms with E-state index in [1.54, 1.807) is 6.92 Å². The Hall–Kier alpha value is -2.43. The molecule has 2 fully saturated rings. The summed E-state index contributed by atoms with van der Waals surface area (Å²) in [4.78, 5) is 41.1. The highest BCUT2D eigenvalue weighted by atomic mass is 16.5. The number of nitrogens with one attached hydrogen (secondary N) is 1. The number of hydrogen-bond acceptors (Lipinski definition) is 4. The average molecular weight is 367 g/mol. The number of Topliss-reactive ketones (excluding diaryl/α,β-unsaturated/α-hetero) is 2. The zero-order chi connectivity index (χ0) is 19.1. The van der Waals surface area contributed by atoms with Crippen LogP contribution in [0.3, 0.4) is 0 Å². The van der Waals surface area contributed by atoms with E-state index in [1.807, 2.05) is 31.2 Å². The number of esters is 1. The van der Waals surface area contributed by atoms with Gasteiger partial charge in [0, 0.05) is 34.0 Å². The molecule has 5 heteroatoms. The topological polar surface area (TPSA) is 76.2 Å². The third-order valence-corrected chi connectivity index (χ3v) is 6.18. The van der Waals surface area contributed by atoms with Crippen molar-refractivity contribution in [1.82, 2.24) is 4.98 Å². The van der Waals surface area contributed by atoms with Gasteiger partial charge in [-0.2, -0.15) is 0 Å². The predicted octanol–water partition coefficient (Wildman–Crippen LogP) is 3.99. The molecule has 27 heavy (non-hydrogen) atoms. The molecular weight excluding hydrogens is 342 g/mol. The summed E-state index contributed by atoms with van der Waals surface area (Å²) in [6.45, 7) is 3.49. The summed E-state index contributed by atoms with van der Waals surface area (Å²) < 4.78 is 5.57. The summed E-state index contributed by atoms with van der Waals surface area (Å²) in [5.41, 5.74) is 2.26. The smallest absolute Gasteiger partial charge is 0.309 e. The van der Waals surface area contributed by atoms with Crippen molar-refractivity contribution >= 4 is 28.4 Å². The van der Waals surface area contributed by atoms with Gasteiger partial charge in [-0.05, 0) is 45.6 Å². The van der Waals surface area contributed by atoms with Crippen molar-refractivity contribution in [2.75, 3.05) is 0 Å². The molecule has 1 heterocycles. The number of ether oxygens (including phenoxy) is 1. The molecule has 1 aromatic heterocycles. The largest absolute Gasteiger partial charge is 0.454 e. The first-order chi connectivity index (χ1) is 13.0. The van der Waals surface area contributed by atoms with Crippen LogP contribution in [0.25, 0.3) is 10.9 Å². The van der Waals surface area contributed by atoms with Crippen molar-refractivity contribution in [2.45, 2.75) is 52.1 Å². The van der Waals surface area contributed by atoms with Gasteiger partial charge in [-0.3, -0.25) is 14.4 Å². The molecule has 2 bridgehead atoms. The maximum atomic E-state index is 13.0. The Balaban J connectivity index is 1.47. The molecule has 142 valence electrons. The number of fused-ring (bicyclic) bond motifs is 3. The molecule has 5 nitrogen and oxygen atoms in total. The number of carbonyl (C=O) groups is 3. The molecule has 0 aliphatic heterocycles. The van der Waals surface area contributed by atoms with Gasteiger partial charge in [0.15, 0.2) is 6.10 Å². The van der Waals surface area contributed by atoms with E-state index in [0.717, 1.165) is 35.9 Å². The molecule has 2 saturated carbocycles. The van der Waals surface area contributed by atoms with Crippen LogP contribution in [0.15, 0.2) is 24.3 Å². The Labute approximate surface area is 158 Å².